The molecule has 0 radical (unpaired) electrons. The molecule has 0 N–H and O–H groups in total. The van der Waals surface area contributed by atoms with Gasteiger partial charge in [-0.2, -0.15) is 10.5 Å². The Labute approximate surface area is 165 Å². The maximum absolute atomic E-state index is 9.47. The summed E-state index contributed by atoms with van der Waals surface area (Å²) in [6.07, 6.45) is 3.75. The first kappa shape index (κ1) is 17.9. The van der Waals surface area contributed by atoms with Crippen LogP contribution < -0.4 is 0 Å². The Hall–Kier alpha value is -2.92. The summed E-state index contributed by atoms with van der Waals surface area (Å²) >= 11 is 4.95. The first-order chi connectivity index (χ1) is 12.7. The lowest BCUT2D eigenvalue weighted by Gasteiger charge is -1.99. The molecule has 1 heterocycles. The fourth-order valence-corrected chi connectivity index (χ4v) is 3.58. The second kappa shape index (κ2) is 8.45. The molecule has 0 aliphatic carbocycles. The predicted octanol–water partition coefficient (Wildman–Crippen LogP) is 6.64. The van der Waals surface area contributed by atoms with Crippen LogP contribution in [-0.2, 0) is 0 Å². The molecule has 0 saturated carbocycles. The molecular weight excluding hydrogens is 404 g/mol. The highest BCUT2D eigenvalue weighted by atomic mass is 79.9. The standard InChI is InChI=1S/C22H13BrN2S/c23-20-8-6-17(7-9-20)19(15-25)13-22-11-10-21(26-22)12-18(14-24)16-4-2-1-3-5-16/h1-13H. The van der Waals surface area contributed by atoms with Crippen molar-refractivity contribution >= 4 is 50.6 Å². The molecule has 0 unspecified atom stereocenters. The van der Waals surface area contributed by atoms with Gasteiger partial charge in [0.15, 0.2) is 0 Å². The number of hydrogen-bond donors (Lipinski definition) is 0. The Balaban J connectivity index is 1.90. The van der Waals surface area contributed by atoms with Gasteiger partial charge in [-0.25, -0.2) is 0 Å². The molecule has 3 rings (SSSR count). The fraction of sp³-hybridized carbons (Fsp3) is 0. The average molecular weight is 417 g/mol. The Morgan fingerprint density at radius 2 is 1.23 bits per heavy atom. The number of allylic oxidation sites excluding steroid dienone is 2. The van der Waals surface area contributed by atoms with Gasteiger partial charge in [0.25, 0.3) is 0 Å². The molecule has 0 aliphatic heterocycles. The zero-order valence-corrected chi connectivity index (χ0v) is 16.1. The smallest absolute Gasteiger partial charge is 0.0998 e. The van der Waals surface area contributed by atoms with Crippen LogP contribution in [0.2, 0.25) is 0 Å². The summed E-state index contributed by atoms with van der Waals surface area (Å²) in [6, 6.07) is 25.7. The lowest BCUT2D eigenvalue weighted by molar-refractivity contribution is 1.52. The Bertz CT molecular complexity index is 1050. The quantitative estimate of drug-likeness (QED) is 0.447. The second-order valence-corrected chi connectivity index (χ2v) is 7.52. The molecule has 2 aromatic carbocycles. The van der Waals surface area contributed by atoms with E-state index in [1.165, 1.54) is 0 Å². The van der Waals surface area contributed by atoms with E-state index in [2.05, 4.69) is 28.1 Å². The maximum Gasteiger partial charge on any atom is 0.0998 e. The summed E-state index contributed by atoms with van der Waals surface area (Å²) in [5.41, 5.74) is 3.01. The van der Waals surface area contributed by atoms with E-state index in [0.717, 1.165) is 25.4 Å². The molecule has 0 fully saturated rings. The summed E-state index contributed by atoms with van der Waals surface area (Å²) in [4.78, 5) is 1.95. The Morgan fingerprint density at radius 3 is 1.73 bits per heavy atom. The van der Waals surface area contributed by atoms with E-state index in [1.54, 1.807) is 11.3 Å². The van der Waals surface area contributed by atoms with E-state index >= 15 is 0 Å². The summed E-state index contributed by atoms with van der Waals surface area (Å²) < 4.78 is 0.979. The van der Waals surface area contributed by atoms with E-state index in [4.69, 9.17) is 0 Å². The molecule has 0 spiro atoms. The van der Waals surface area contributed by atoms with Gasteiger partial charge in [0, 0.05) is 14.2 Å². The number of benzene rings is 2. The number of thiophene rings is 1. The first-order valence-electron chi connectivity index (χ1n) is 7.84. The monoisotopic (exact) mass is 416 g/mol. The molecular formula is C22H13BrN2S. The third-order valence-corrected chi connectivity index (χ3v) is 5.21. The minimum atomic E-state index is 0.610. The van der Waals surface area contributed by atoms with Gasteiger partial charge in [-0.15, -0.1) is 11.3 Å². The second-order valence-electron chi connectivity index (χ2n) is 5.45. The summed E-state index contributed by atoms with van der Waals surface area (Å²) in [7, 11) is 0. The summed E-state index contributed by atoms with van der Waals surface area (Å²) in [5, 5.41) is 18.9. The predicted molar refractivity (Wildman–Crippen MR) is 112 cm³/mol. The molecule has 124 valence electrons. The lowest BCUT2D eigenvalue weighted by atomic mass is 10.1. The highest BCUT2D eigenvalue weighted by Crippen LogP contribution is 2.27. The van der Waals surface area contributed by atoms with E-state index in [1.807, 2.05) is 78.9 Å². The van der Waals surface area contributed by atoms with Gasteiger partial charge < -0.3 is 0 Å². The largest absolute Gasteiger partial charge is 0.192 e. The maximum atomic E-state index is 9.47. The van der Waals surface area contributed by atoms with Crippen molar-refractivity contribution in [1.29, 1.82) is 10.5 Å². The van der Waals surface area contributed by atoms with Crippen LogP contribution in [0.25, 0.3) is 23.3 Å². The van der Waals surface area contributed by atoms with Gasteiger partial charge in [-0.05, 0) is 47.5 Å². The van der Waals surface area contributed by atoms with Crippen molar-refractivity contribution in [1.82, 2.24) is 0 Å². The Morgan fingerprint density at radius 1 is 0.731 bits per heavy atom. The van der Waals surface area contributed by atoms with Crippen LogP contribution in [0.4, 0.5) is 0 Å². The lowest BCUT2D eigenvalue weighted by Crippen LogP contribution is -1.80. The fourth-order valence-electron chi connectivity index (χ4n) is 2.42. The highest BCUT2D eigenvalue weighted by Gasteiger charge is 2.05. The van der Waals surface area contributed by atoms with Crippen LogP contribution in [0.5, 0.6) is 0 Å². The molecule has 1 aromatic heterocycles. The van der Waals surface area contributed by atoms with Gasteiger partial charge >= 0.3 is 0 Å². The van der Waals surface area contributed by atoms with Crippen molar-refractivity contribution in [2.45, 2.75) is 0 Å². The number of rotatable bonds is 4. The Kier molecular flexibility index (Phi) is 5.81. The summed E-state index contributed by atoms with van der Waals surface area (Å²) in [5.74, 6) is 0. The van der Waals surface area contributed by atoms with E-state index in [-0.39, 0.29) is 0 Å². The molecule has 2 nitrogen and oxygen atoms in total. The topological polar surface area (TPSA) is 47.6 Å². The summed E-state index contributed by atoms with van der Waals surface area (Å²) in [6.45, 7) is 0. The van der Waals surface area contributed by atoms with Crippen molar-refractivity contribution < 1.29 is 0 Å². The van der Waals surface area contributed by atoms with E-state index < -0.39 is 0 Å². The molecule has 0 amide bonds. The van der Waals surface area contributed by atoms with Crippen LogP contribution in [-0.4, -0.2) is 0 Å². The van der Waals surface area contributed by atoms with E-state index in [0.29, 0.717) is 11.1 Å². The van der Waals surface area contributed by atoms with Crippen molar-refractivity contribution in [2.24, 2.45) is 0 Å². The third kappa shape index (κ3) is 4.37. The number of nitriles is 2. The minimum Gasteiger partial charge on any atom is -0.192 e. The zero-order chi connectivity index (χ0) is 18.4. The normalized spacial score (nSPS) is 11.7. The molecule has 0 atom stereocenters. The average Bonchev–Trinajstić information content (AvgIpc) is 3.13. The SMILES string of the molecule is N#CC(=Cc1ccc(C=C(C#N)c2ccc(Br)cc2)s1)c1ccccc1. The molecule has 0 saturated heterocycles. The first-order valence-corrected chi connectivity index (χ1v) is 9.45. The number of hydrogen-bond acceptors (Lipinski definition) is 3. The van der Waals surface area contributed by atoms with Crippen LogP contribution in [0.15, 0.2) is 71.2 Å². The van der Waals surface area contributed by atoms with Crippen LogP contribution in [0.1, 0.15) is 20.9 Å². The number of halogens is 1. The van der Waals surface area contributed by atoms with Gasteiger partial charge in [-0.3, -0.25) is 0 Å². The van der Waals surface area contributed by atoms with Gasteiger partial charge in [0.05, 0.1) is 23.3 Å². The van der Waals surface area contributed by atoms with Crippen molar-refractivity contribution in [3.63, 3.8) is 0 Å². The van der Waals surface area contributed by atoms with Crippen molar-refractivity contribution in [2.75, 3.05) is 0 Å². The third-order valence-electron chi connectivity index (χ3n) is 3.70. The van der Waals surface area contributed by atoms with Crippen LogP contribution in [0, 0.1) is 22.7 Å². The van der Waals surface area contributed by atoms with Gasteiger partial charge in [-0.1, -0.05) is 58.4 Å². The zero-order valence-electron chi connectivity index (χ0n) is 13.7. The molecule has 0 aliphatic rings. The highest BCUT2D eigenvalue weighted by molar-refractivity contribution is 9.10. The van der Waals surface area contributed by atoms with E-state index in [9.17, 15) is 10.5 Å². The van der Waals surface area contributed by atoms with Gasteiger partial charge in [0.2, 0.25) is 0 Å². The van der Waals surface area contributed by atoms with Crippen LogP contribution in [0.3, 0.4) is 0 Å². The van der Waals surface area contributed by atoms with Gasteiger partial charge in [0.1, 0.15) is 0 Å². The molecule has 3 aromatic rings. The molecule has 26 heavy (non-hydrogen) atoms. The molecule has 0 bridgehead atoms. The number of nitrogens with zero attached hydrogens (tertiary/aromatic N) is 2. The van der Waals surface area contributed by atoms with Crippen LogP contribution >= 0.6 is 27.3 Å². The molecule has 4 heteroatoms. The van der Waals surface area contributed by atoms with Crippen molar-refractivity contribution in [3.8, 4) is 12.1 Å². The van der Waals surface area contributed by atoms with Crippen molar-refractivity contribution in [3.05, 3.63) is 92.1 Å². The minimum absolute atomic E-state index is 0.610.